The summed E-state index contributed by atoms with van der Waals surface area (Å²) in [7, 11) is 1.86. The summed E-state index contributed by atoms with van der Waals surface area (Å²) in [5.74, 6) is 0.0700. The van der Waals surface area contributed by atoms with Gasteiger partial charge in [-0.1, -0.05) is 0 Å². The number of hydrogen-bond acceptors (Lipinski definition) is 4. The SMILES string of the molecule is Cc1cc(C(=O)N(C)CCN2CCNCC2)ccn1. The number of hydrogen-bond donors (Lipinski definition) is 1. The average molecular weight is 262 g/mol. The lowest BCUT2D eigenvalue weighted by atomic mass is 10.2. The fraction of sp³-hybridized carbons (Fsp3) is 0.571. The maximum absolute atomic E-state index is 12.2. The van der Waals surface area contributed by atoms with Crippen LogP contribution >= 0.6 is 0 Å². The summed E-state index contributed by atoms with van der Waals surface area (Å²) in [5.41, 5.74) is 1.59. The highest BCUT2D eigenvalue weighted by molar-refractivity contribution is 5.94. The fourth-order valence-electron chi connectivity index (χ4n) is 2.23. The molecule has 19 heavy (non-hydrogen) atoms. The van der Waals surface area contributed by atoms with Crippen molar-refractivity contribution >= 4 is 5.91 Å². The number of aryl methyl sites for hydroxylation is 1. The first-order valence-electron chi connectivity index (χ1n) is 6.78. The monoisotopic (exact) mass is 262 g/mol. The van der Waals surface area contributed by atoms with E-state index in [1.54, 1.807) is 17.2 Å². The number of nitrogens with one attached hydrogen (secondary N) is 1. The minimum absolute atomic E-state index is 0.0700. The zero-order valence-electron chi connectivity index (χ0n) is 11.7. The molecule has 0 bridgehead atoms. The molecule has 0 saturated carbocycles. The third kappa shape index (κ3) is 4.01. The van der Waals surface area contributed by atoms with E-state index in [0.717, 1.165) is 50.5 Å². The van der Waals surface area contributed by atoms with E-state index in [9.17, 15) is 4.79 Å². The Morgan fingerprint density at radius 1 is 1.47 bits per heavy atom. The molecular weight excluding hydrogens is 240 g/mol. The molecule has 0 aromatic carbocycles. The van der Waals surface area contributed by atoms with Gasteiger partial charge in [0, 0.05) is 63.8 Å². The van der Waals surface area contributed by atoms with Gasteiger partial charge in [0.05, 0.1) is 0 Å². The smallest absolute Gasteiger partial charge is 0.253 e. The van der Waals surface area contributed by atoms with Crippen molar-refractivity contribution in [3.05, 3.63) is 29.6 Å². The van der Waals surface area contributed by atoms with Crippen LogP contribution < -0.4 is 5.32 Å². The van der Waals surface area contributed by atoms with E-state index in [1.807, 2.05) is 20.0 Å². The predicted octanol–water partition coefficient (Wildman–Crippen LogP) is 0.367. The molecule has 1 N–H and O–H groups in total. The number of rotatable bonds is 4. The number of aromatic nitrogens is 1. The van der Waals surface area contributed by atoms with Crippen molar-refractivity contribution in [2.24, 2.45) is 0 Å². The highest BCUT2D eigenvalue weighted by atomic mass is 16.2. The lowest BCUT2D eigenvalue weighted by Crippen LogP contribution is -2.46. The van der Waals surface area contributed by atoms with Crippen LogP contribution in [0.25, 0.3) is 0 Å². The molecule has 0 unspecified atom stereocenters. The number of piperazine rings is 1. The minimum Gasteiger partial charge on any atom is -0.340 e. The van der Waals surface area contributed by atoms with Gasteiger partial charge in [-0.25, -0.2) is 0 Å². The average Bonchev–Trinajstić information content (AvgIpc) is 2.45. The van der Waals surface area contributed by atoms with E-state index >= 15 is 0 Å². The molecule has 0 radical (unpaired) electrons. The summed E-state index contributed by atoms with van der Waals surface area (Å²) in [6.07, 6.45) is 1.69. The normalized spacial score (nSPS) is 16.3. The Balaban J connectivity index is 1.85. The summed E-state index contributed by atoms with van der Waals surface area (Å²) in [6, 6.07) is 3.61. The Morgan fingerprint density at radius 2 is 2.21 bits per heavy atom. The first kappa shape index (κ1) is 14.0. The molecule has 1 fully saturated rings. The van der Waals surface area contributed by atoms with Crippen molar-refractivity contribution in [2.45, 2.75) is 6.92 Å². The van der Waals surface area contributed by atoms with Crippen molar-refractivity contribution < 1.29 is 4.79 Å². The van der Waals surface area contributed by atoms with Crippen molar-refractivity contribution in [3.8, 4) is 0 Å². The van der Waals surface area contributed by atoms with Crippen molar-refractivity contribution in [2.75, 3.05) is 46.3 Å². The molecule has 0 atom stereocenters. The van der Waals surface area contributed by atoms with E-state index in [4.69, 9.17) is 0 Å². The molecule has 2 heterocycles. The van der Waals surface area contributed by atoms with Crippen molar-refractivity contribution in [1.82, 2.24) is 20.1 Å². The first-order valence-corrected chi connectivity index (χ1v) is 6.78. The minimum atomic E-state index is 0.0700. The second kappa shape index (κ2) is 6.63. The molecule has 1 aliphatic heterocycles. The van der Waals surface area contributed by atoms with Gasteiger partial charge in [0.25, 0.3) is 5.91 Å². The summed E-state index contributed by atoms with van der Waals surface area (Å²) in [5, 5.41) is 3.33. The van der Waals surface area contributed by atoms with Crippen LogP contribution in [0.5, 0.6) is 0 Å². The molecule has 0 aliphatic carbocycles. The molecule has 5 heteroatoms. The lowest BCUT2D eigenvalue weighted by Gasteiger charge is -2.29. The predicted molar refractivity (Wildman–Crippen MR) is 75.2 cm³/mol. The van der Waals surface area contributed by atoms with Crippen LogP contribution in [-0.4, -0.2) is 67.0 Å². The van der Waals surface area contributed by atoms with Crippen LogP contribution in [0.2, 0.25) is 0 Å². The van der Waals surface area contributed by atoms with Crippen LogP contribution in [0.3, 0.4) is 0 Å². The topological polar surface area (TPSA) is 48.5 Å². The standard InChI is InChI=1S/C14H22N4O/c1-12-11-13(3-4-16-12)14(19)17(2)9-10-18-7-5-15-6-8-18/h3-4,11,15H,5-10H2,1-2H3. The number of carbonyl (C=O) groups excluding carboxylic acids is 1. The van der Waals surface area contributed by atoms with Gasteiger partial charge in [-0.05, 0) is 19.1 Å². The Bertz CT molecular complexity index is 429. The van der Waals surface area contributed by atoms with Crippen LogP contribution in [-0.2, 0) is 0 Å². The molecule has 1 amide bonds. The maximum Gasteiger partial charge on any atom is 0.253 e. The first-order chi connectivity index (χ1) is 9.16. The summed E-state index contributed by atoms with van der Waals surface area (Å²) < 4.78 is 0. The van der Waals surface area contributed by atoms with Gasteiger partial charge in [-0.3, -0.25) is 14.7 Å². The van der Waals surface area contributed by atoms with Gasteiger partial charge < -0.3 is 10.2 Å². The summed E-state index contributed by atoms with van der Waals surface area (Å²) >= 11 is 0. The number of likely N-dealkylation sites (N-methyl/N-ethyl adjacent to an activating group) is 1. The van der Waals surface area contributed by atoms with Crippen LogP contribution in [0, 0.1) is 6.92 Å². The quantitative estimate of drug-likeness (QED) is 0.851. The molecular formula is C14H22N4O. The number of amides is 1. The van der Waals surface area contributed by atoms with E-state index < -0.39 is 0 Å². The Kier molecular flexibility index (Phi) is 4.87. The lowest BCUT2D eigenvalue weighted by molar-refractivity contribution is 0.0774. The van der Waals surface area contributed by atoms with Gasteiger partial charge in [-0.15, -0.1) is 0 Å². The molecule has 104 valence electrons. The van der Waals surface area contributed by atoms with Gasteiger partial charge in [0.2, 0.25) is 0 Å². The molecule has 2 rings (SSSR count). The number of nitrogens with zero attached hydrogens (tertiary/aromatic N) is 3. The molecule has 1 aromatic heterocycles. The number of pyridine rings is 1. The van der Waals surface area contributed by atoms with Gasteiger partial charge in [-0.2, -0.15) is 0 Å². The van der Waals surface area contributed by atoms with E-state index in [2.05, 4.69) is 15.2 Å². The second-order valence-corrected chi connectivity index (χ2v) is 5.00. The van der Waals surface area contributed by atoms with E-state index in [0.29, 0.717) is 0 Å². The number of carbonyl (C=O) groups is 1. The van der Waals surface area contributed by atoms with E-state index in [1.165, 1.54) is 0 Å². The van der Waals surface area contributed by atoms with E-state index in [-0.39, 0.29) is 5.91 Å². The van der Waals surface area contributed by atoms with Crippen LogP contribution in [0.1, 0.15) is 16.1 Å². The Hall–Kier alpha value is -1.46. The molecule has 0 spiro atoms. The molecule has 1 aromatic rings. The molecule has 1 aliphatic rings. The zero-order valence-corrected chi connectivity index (χ0v) is 11.7. The summed E-state index contributed by atoms with van der Waals surface area (Å²) in [6.45, 7) is 7.82. The second-order valence-electron chi connectivity index (χ2n) is 5.00. The third-order valence-electron chi connectivity index (χ3n) is 3.45. The van der Waals surface area contributed by atoms with Crippen molar-refractivity contribution in [3.63, 3.8) is 0 Å². The fourth-order valence-corrected chi connectivity index (χ4v) is 2.23. The third-order valence-corrected chi connectivity index (χ3v) is 3.45. The Morgan fingerprint density at radius 3 is 2.89 bits per heavy atom. The van der Waals surface area contributed by atoms with Gasteiger partial charge >= 0.3 is 0 Å². The highest BCUT2D eigenvalue weighted by Crippen LogP contribution is 2.05. The highest BCUT2D eigenvalue weighted by Gasteiger charge is 2.14. The maximum atomic E-state index is 12.2. The van der Waals surface area contributed by atoms with Crippen LogP contribution in [0.15, 0.2) is 18.3 Å². The van der Waals surface area contributed by atoms with Crippen LogP contribution in [0.4, 0.5) is 0 Å². The van der Waals surface area contributed by atoms with Gasteiger partial charge in [0.1, 0.15) is 0 Å². The largest absolute Gasteiger partial charge is 0.340 e. The molecule has 5 nitrogen and oxygen atoms in total. The van der Waals surface area contributed by atoms with Gasteiger partial charge in [0.15, 0.2) is 0 Å². The van der Waals surface area contributed by atoms with Crippen molar-refractivity contribution in [1.29, 1.82) is 0 Å². The molecule has 1 saturated heterocycles. The summed E-state index contributed by atoms with van der Waals surface area (Å²) in [4.78, 5) is 20.5. The zero-order chi connectivity index (χ0) is 13.7. The Labute approximate surface area is 114 Å².